The maximum atomic E-state index is 12.6. The summed E-state index contributed by atoms with van der Waals surface area (Å²) in [5.74, 6) is 0. The number of urea groups is 1. The Labute approximate surface area is 160 Å². The monoisotopic (exact) mass is 371 g/mol. The molecule has 26 heavy (non-hydrogen) atoms. The minimum Gasteiger partial charge on any atom is -0.322 e. The molecule has 0 atom stereocenters. The molecule has 1 heterocycles. The van der Waals surface area contributed by atoms with Crippen molar-refractivity contribution in [2.24, 2.45) is 0 Å². The van der Waals surface area contributed by atoms with Crippen LogP contribution in [0.15, 0.2) is 42.5 Å². The molecule has 138 valence electrons. The van der Waals surface area contributed by atoms with Gasteiger partial charge < -0.3 is 10.2 Å². The Hall–Kier alpha value is -2.04. The van der Waals surface area contributed by atoms with E-state index in [2.05, 4.69) is 22.3 Å². The normalized spacial score (nSPS) is 15.1. The fraction of sp³-hybridized carbons (Fsp3) is 0.381. The molecule has 5 heteroatoms. The fourth-order valence-corrected chi connectivity index (χ4v) is 3.44. The molecule has 1 saturated heterocycles. The van der Waals surface area contributed by atoms with Crippen LogP contribution in [0.1, 0.15) is 16.7 Å². The van der Waals surface area contributed by atoms with E-state index in [0.29, 0.717) is 0 Å². The molecule has 4 nitrogen and oxygen atoms in total. The van der Waals surface area contributed by atoms with Crippen molar-refractivity contribution in [3.63, 3.8) is 0 Å². The molecule has 0 radical (unpaired) electrons. The van der Waals surface area contributed by atoms with E-state index in [-0.39, 0.29) is 6.03 Å². The molecule has 1 aliphatic rings. The molecular weight excluding hydrogens is 346 g/mol. The highest BCUT2D eigenvalue weighted by atomic mass is 35.5. The van der Waals surface area contributed by atoms with Gasteiger partial charge in [-0.25, -0.2) is 4.79 Å². The van der Waals surface area contributed by atoms with Gasteiger partial charge in [-0.05, 0) is 49.1 Å². The molecule has 0 unspecified atom stereocenters. The zero-order valence-corrected chi connectivity index (χ0v) is 16.2. The summed E-state index contributed by atoms with van der Waals surface area (Å²) in [5, 5.41) is 3.86. The lowest BCUT2D eigenvalue weighted by Gasteiger charge is -2.35. The number of piperazine rings is 1. The van der Waals surface area contributed by atoms with Gasteiger partial charge in [0.15, 0.2) is 0 Å². The Morgan fingerprint density at radius 1 is 1.00 bits per heavy atom. The number of benzene rings is 2. The van der Waals surface area contributed by atoms with Crippen molar-refractivity contribution >= 4 is 23.3 Å². The van der Waals surface area contributed by atoms with Gasteiger partial charge in [0.25, 0.3) is 0 Å². The molecule has 2 aromatic rings. The van der Waals surface area contributed by atoms with E-state index in [0.717, 1.165) is 61.0 Å². The van der Waals surface area contributed by atoms with E-state index in [1.165, 1.54) is 5.56 Å². The van der Waals surface area contributed by atoms with Crippen LogP contribution in [0.25, 0.3) is 0 Å². The molecule has 0 spiro atoms. The van der Waals surface area contributed by atoms with E-state index < -0.39 is 0 Å². The topological polar surface area (TPSA) is 35.6 Å². The lowest BCUT2D eigenvalue weighted by atomic mass is 10.1. The van der Waals surface area contributed by atoms with Crippen LogP contribution in [0.2, 0.25) is 5.02 Å². The summed E-state index contributed by atoms with van der Waals surface area (Å²) in [7, 11) is 0. The quantitative estimate of drug-likeness (QED) is 0.867. The Balaban J connectivity index is 1.47. The summed E-state index contributed by atoms with van der Waals surface area (Å²) in [5.41, 5.74) is 4.42. The van der Waals surface area contributed by atoms with Gasteiger partial charge in [0.2, 0.25) is 0 Å². The molecule has 2 aromatic carbocycles. The largest absolute Gasteiger partial charge is 0.322 e. The zero-order valence-electron chi connectivity index (χ0n) is 15.5. The summed E-state index contributed by atoms with van der Waals surface area (Å²) < 4.78 is 0. The summed E-state index contributed by atoms with van der Waals surface area (Å²) >= 11 is 5.93. The number of nitrogens with zero attached hydrogens (tertiary/aromatic N) is 2. The van der Waals surface area contributed by atoms with Crippen LogP contribution in [0.4, 0.5) is 10.5 Å². The van der Waals surface area contributed by atoms with Crippen molar-refractivity contribution in [3.8, 4) is 0 Å². The number of carbonyl (C=O) groups is 1. The van der Waals surface area contributed by atoms with Gasteiger partial charge >= 0.3 is 6.03 Å². The number of rotatable bonds is 4. The van der Waals surface area contributed by atoms with Gasteiger partial charge in [-0.3, -0.25) is 4.90 Å². The lowest BCUT2D eigenvalue weighted by molar-refractivity contribution is 0.148. The van der Waals surface area contributed by atoms with Crippen molar-refractivity contribution in [2.75, 3.05) is 38.0 Å². The van der Waals surface area contributed by atoms with Crippen LogP contribution in [-0.4, -0.2) is 48.6 Å². The zero-order chi connectivity index (χ0) is 18.5. The van der Waals surface area contributed by atoms with Crippen molar-refractivity contribution < 1.29 is 4.79 Å². The van der Waals surface area contributed by atoms with Crippen LogP contribution in [-0.2, 0) is 6.42 Å². The van der Waals surface area contributed by atoms with Crippen LogP contribution in [0, 0.1) is 13.8 Å². The summed E-state index contributed by atoms with van der Waals surface area (Å²) in [4.78, 5) is 16.9. The molecular formula is C21H26ClN3O. The number of halogens is 1. The first kappa shape index (κ1) is 18.7. The Bertz CT molecular complexity index is 732. The minimum atomic E-state index is -0.000230. The standard InChI is InChI=1S/C21H26ClN3O/c1-16-4-3-5-17(2)20(16)23-21(26)25-14-12-24(13-15-25)11-10-18-6-8-19(22)9-7-18/h3-9H,10-15H2,1-2H3,(H,23,26). The van der Waals surface area contributed by atoms with Crippen molar-refractivity contribution in [1.29, 1.82) is 0 Å². The Morgan fingerprint density at radius 2 is 1.62 bits per heavy atom. The second-order valence-corrected chi connectivity index (χ2v) is 7.34. The number of hydrogen-bond donors (Lipinski definition) is 1. The molecule has 0 saturated carbocycles. The van der Waals surface area contributed by atoms with Gasteiger partial charge in [0, 0.05) is 43.4 Å². The highest BCUT2D eigenvalue weighted by Gasteiger charge is 2.21. The summed E-state index contributed by atoms with van der Waals surface area (Å²) in [6.07, 6.45) is 1.01. The third-order valence-electron chi connectivity index (χ3n) is 5.00. The highest BCUT2D eigenvalue weighted by molar-refractivity contribution is 6.30. The molecule has 0 aromatic heterocycles. The number of aryl methyl sites for hydroxylation is 2. The van der Waals surface area contributed by atoms with Gasteiger partial charge in [0.05, 0.1) is 0 Å². The molecule has 2 amide bonds. The second kappa shape index (κ2) is 8.56. The fourth-order valence-electron chi connectivity index (χ4n) is 3.31. The predicted molar refractivity (Wildman–Crippen MR) is 108 cm³/mol. The number of carbonyl (C=O) groups excluding carboxylic acids is 1. The van der Waals surface area contributed by atoms with E-state index in [4.69, 9.17) is 11.6 Å². The predicted octanol–water partition coefficient (Wildman–Crippen LogP) is 4.35. The number of hydrogen-bond acceptors (Lipinski definition) is 2. The number of para-hydroxylation sites is 1. The van der Waals surface area contributed by atoms with E-state index in [1.54, 1.807) is 0 Å². The van der Waals surface area contributed by atoms with Gasteiger partial charge in [0.1, 0.15) is 0 Å². The first-order valence-corrected chi connectivity index (χ1v) is 9.49. The molecule has 1 aliphatic heterocycles. The maximum Gasteiger partial charge on any atom is 0.321 e. The first-order valence-electron chi connectivity index (χ1n) is 9.12. The molecule has 1 N–H and O–H groups in total. The van der Waals surface area contributed by atoms with Crippen molar-refractivity contribution in [2.45, 2.75) is 20.3 Å². The highest BCUT2D eigenvalue weighted by Crippen LogP contribution is 2.20. The molecule has 0 aliphatic carbocycles. The van der Waals surface area contributed by atoms with Gasteiger partial charge in [-0.15, -0.1) is 0 Å². The Kier molecular flexibility index (Phi) is 6.17. The lowest BCUT2D eigenvalue weighted by Crippen LogP contribution is -2.50. The maximum absolute atomic E-state index is 12.6. The third-order valence-corrected chi connectivity index (χ3v) is 5.25. The van der Waals surface area contributed by atoms with Gasteiger partial charge in [-0.1, -0.05) is 41.9 Å². The van der Waals surface area contributed by atoms with Crippen LogP contribution in [0.3, 0.4) is 0 Å². The van der Waals surface area contributed by atoms with Crippen molar-refractivity contribution in [3.05, 3.63) is 64.2 Å². The van der Waals surface area contributed by atoms with E-state index >= 15 is 0 Å². The molecule has 1 fully saturated rings. The van der Waals surface area contributed by atoms with Crippen molar-refractivity contribution in [1.82, 2.24) is 9.80 Å². The number of amides is 2. The molecule has 3 rings (SSSR count). The van der Waals surface area contributed by atoms with Crippen LogP contribution in [0.5, 0.6) is 0 Å². The second-order valence-electron chi connectivity index (χ2n) is 6.90. The SMILES string of the molecule is Cc1cccc(C)c1NC(=O)N1CCN(CCc2ccc(Cl)cc2)CC1. The smallest absolute Gasteiger partial charge is 0.321 e. The minimum absolute atomic E-state index is 0.000230. The van der Waals surface area contributed by atoms with Crippen LogP contribution >= 0.6 is 11.6 Å². The first-order chi connectivity index (χ1) is 12.5. The summed E-state index contributed by atoms with van der Waals surface area (Å²) in [6, 6.07) is 14.1. The summed E-state index contributed by atoms with van der Waals surface area (Å²) in [6.45, 7) is 8.40. The number of anilines is 1. The third kappa shape index (κ3) is 4.77. The van der Waals surface area contributed by atoms with Gasteiger partial charge in [-0.2, -0.15) is 0 Å². The Morgan fingerprint density at radius 3 is 2.23 bits per heavy atom. The average molecular weight is 372 g/mol. The van der Waals surface area contributed by atoms with E-state index in [1.807, 2.05) is 49.1 Å². The molecule has 0 bridgehead atoms. The van der Waals surface area contributed by atoms with E-state index in [9.17, 15) is 4.79 Å². The number of nitrogens with one attached hydrogen (secondary N) is 1. The van der Waals surface area contributed by atoms with Crippen LogP contribution < -0.4 is 5.32 Å². The average Bonchev–Trinajstić information content (AvgIpc) is 2.65.